The van der Waals surface area contributed by atoms with E-state index < -0.39 is 52.7 Å². The number of carbonyl (C=O) groups excluding carboxylic acids is 12. The monoisotopic (exact) mass is 1940 g/mol. The van der Waals surface area contributed by atoms with E-state index in [4.69, 9.17) is 54.1 Å². The van der Waals surface area contributed by atoms with Crippen LogP contribution in [0.5, 0.6) is 0 Å². The van der Waals surface area contributed by atoms with Crippen LogP contribution in [0.3, 0.4) is 0 Å². The summed E-state index contributed by atoms with van der Waals surface area (Å²) in [5.74, 6) is 5.18. The largest absolute Gasteiger partial charge is 0.481 e. The molecule has 20 aliphatic carbocycles. The molecule has 36 heteroatoms. The number of nitrogens with two attached hydrogens (primary N) is 2. The van der Waals surface area contributed by atoms with Crippen molar-refractivity contribution in [3.8, 4) is 0 Å². The zero-order valence-electron chi connectivity index (χ0n) is 83.2. The smallest absolute Gasteiger partial charge is 0.410 e. The molecule has 138 heavy (non-hydrogen) atoms. The van der Waals surface area contributed by atoms with Crippen LogP contribution in [0.1, 0.15) is 269 Å². The number of rotatable bonds is 20. The molecule has 770 valence electrons. The van der Waals surface area contributed by atoms with E-state index in [0.717, 1.165) is 141 Å². The van der Waals surface area contributed by atoms with Crippen LogP contribution in [0, 0.1) is 134 Å². The SMILES string of the molecule is CC(=O)C12CC3CC(C1)C(OC(=O)N1CC[C@@H](N)C1)C(C3)C2.CC(=O)C12CC3CC(C1)C(OC(=O)N1CC[C@@H](NC(=O)OCC(C)C)C1)C(C3)C2.CC(C)(C)OC(=O)N[C@@H]1CCN(C(=O)OC2C3CC4CC2CC(C(=O)O)(C4)C3)C1.CC(C)COC(=O)N[C@@H]1CCN(C(=O)OC2C3CC4CC2CC(C(=O)O)(C4)C3)C1.CC(C)COC(=O)N[C@@H]1CCN(C(=O)OC2C3CC4CC2CC(C(N)=O)(C4)C3)C1. The molecule has 10 amide bonds. The molecule has 20 bridgehead atoms. The molecule has 0 aromatic heterocycles. The molecule has 10 N–H and O–H groups in total. The van der Waals surface area contributed by atoms with Gasteiger partial charge < -0.3 is 110 Å². The summed E-state index contributed by atoms with van der Waals surface area (Å²) < 4.78 is 50.4. The molecule has 5 heterocycles. The molecule has 15 atom stereocenters. The lowest BCUT2D eigenvalue weighted by Crippen LogP contribution is -2.59. The number of primary amides is 1. The number of likely N-dealkylation sites (tertiary alicyclic amines) is 5. The summed E-state index contributed by atoms with van der Waals surface area (Å²) >= 11 is 0. The van der Waals surface area contributed by atoms with Gasteiger partial charge in [-0.15, -0.1) is 0 Å². The number of carboxylic acid groups (broad SMARTS) is 2. The normalized spacial score (nSPS) is 39.1. The maximum Gasteiger partial charge on any atom is 0.410 e. The number of hydrogen-bond acceptors (Lipinski definition) is 24. The number of carboxylic acids is 2. The minimum absolute atomic E-state index is 0.0216. The lowest BCUT2D eigenvalue weighted by molar-refractivity contribution is -0.180. The third-order valence-corrected chi connectivity index (χ3v) is 35.6. The Bertz CT molecular complexity index is 4170. The Hall–Kier alpha value is -8.86. The molecular weight excluding hydrogens is 1780 g/mol. The Balaban J connectivity index is 0.000000125. The van der Waals surface area contributed by atoms with Crippen LogP contribution in [0.4, 0.5) is 43.2 Å². The summed E-state index contributed by atoms with van der Waals surface area (Å²) in [4.78, 5) is 179. The second-order valence-electron chi connectivity index (χ2n) is 48.9. The molecular formula is C102H157N11O25. The van der Waals surface area contributed by atoms with E-state index in [-0.39, 0.29) is 161 Å². The van der Waals surface area contributed by atoms with E-state index in [9.17, 15) is 77.3 Å². The van der Waals surface area contributed by atoms with Gasteiger partial charge >= 0.3 is 66.8 Å². The van der Waals surface area contributed by atoms with E-state index in [1.807, 2.05) is 62.3 Å². The summed E-state index contributed by atoms with van der Waals surface area (Å²) in [7, 11) is 0. The van der Waals surface area contributed by atoms with Crippen LogP contribution in [-0.4, -0.2) is 271 Å². The summed E-state index contributed by atoms with van der Waals surface area (Å²) in [6.07, 6.45) is 22.3. The predicted octanol–water partition coefficient (Wildman–Crippen LogP) is 13.4. The van der Waals surface area contributed by atoms with Gasteiger partial charge in [-0.2, -0.15) is 0 Å². The molecule has 25 aliphatic rings. The second kappa shape index (κ2) is 41.2. The van der Waals surface area contributed by atoms with Crippen molar-refractivity contribution in [2.24, 2.45) is 145 Å². The van der Waals surface area contributed by atoms with Gasteiger partial charge in [-0.1, -0.05) is 41.5 Å². The summed E-state index contributed by atoms with van der Waals surface area (Å²) in [6.45, 7) is 27.2. The van der Waals surface area contributed by atoms with E-state index in [2.05, 4.69) is 21.3 Å². The number of carbonyl (C=O) groups is 14. The molecule has 5 aliphatic heterocycles. The highest BCUT2D eigenvalue weighted by atomic mass is 16.6. The van der Waals surface area contributed by atoms with Gasteiger partial charge in [0, 0.05) is 82.3 Å². The maximum absolute atomic E-state index is 12.8. The average Bonchev–Trinajstić information content (AvgIpc) is 0.943. The number of amides is 10. The molecule has 0 aromatic carbocycles. The Morgan fingerprint density at radius 3 is 0.761 bits per heavy atom. The first-order chi connectivity index (χ1) is 65.3. The third-order valence-electron chi connectivity index (χ3n) is 35.6. The number of ether oxygens (including phenoxy) is 9. The minimum Gasteiger partial charge on any atom is -0.481 e. The van der Waals surface area contributed by atoms with E-state index in [1.165, 1.54) is 0 Å². The molecule has 25 fully saturated rings. The Labute approximate surface area is 811 Å². The van der Waals surface area contributed by atoms with E-state index >= 15 is 0 Å². The fourth-order valence-corrected chi connectivity index (χ4v) is 30.4. The van der Waals surface area contributed by atoms with Gasteiger partial charge in [0.1, 0.15) is 47.7 Å². The van der Waals surface area contributed by atoms with Crippen molar-refractivity contribution in [3.63, 3.8) is 0 Å². The highest BCUT2D eigenvalue weighted by molar-refractivity contribution is 5.84. The van der Waals surface area contributed by atoms with Gasteiger partial charge in [0.2, 0.25) is 5.91 Å². The number of Topliss-reactive ketones (excluding diaryl/α,β-unsaturated/α-hetero) is 2. The summed E-state index contributed by atoms with van der Waals surface area (Å²) in [5.41, 5.74) is 9.21. The van der Waals surface area contributed by atoms with Gasteiger partial charge in [0.25, 0.3) is 0 Å². The van der Waals surface area contributed by atoms with Gasteiger partial charge in [-0.25, -0.2) is 43.2 Å². The molecule has 10 unspecified atom stereocenters. The second-order valence-corrected chi connectivity index (χ2v) is 48.9. The van der Waals surface area contributed by atoms with Crippen molar-refractivity contribution in [1.82, 2.24) is 45.8 Å². The van der Waals surface area contributed by atoms with Gasteiger partial charge in [0.15, 0.2) is 0 Å². The number of nitrogens with zero attached hydrogens (tertiary/aromatic N) is 5. The van der Waals surface area contributed by atoms with Gasteiger partial charge in [-0.3, -0.25) is 24.0 Å². The quantitative estimate of drug-likeness (QED) is 0.0525. The van der Waals surface area contributed by atoms with Crippen LogP contribution >= 0.6 is 0 Å². The third kappa shape index (κ3) is 22.9. The molecule has 0 aromatic rings. The molecule has 0 spiro atoms. The maximum atomic E-state index is 12.8. The first-order valence-corrected chi connectivity index (χ1v) is 52.4. The topological polar surface area (TPSA) is 479 Å². The van der Waals surface area contributed by atoms with Crippen molar-refractivity contribution in [2.75, 3.05) is 85.3 Å². The average molecular weight is 1940 g/mol. The van der Waals surface area contributed by atoms with Gasteiger partial charge in [0.05, 0.1) is 60.2 Å². The lowest BCUT2D eigenvalue weighted by Gasteiger charge is -2.58. The van der Waals surface area contributed by atoms with Crippen molar-refractivity contribution < 1.29 is 120 Å². The highest BCUT2D eigenvalue weighted by Crippen LogP contribution is 2.66. The van der Waals surface area contributed by atoms with E-state index in [0.29, 0.717) is 207 Å². The zero-order chi connectivity index (χ0) is 98.7. The number of ketones is 2. The van der Waals surface area contributed by atoms with Crippen LogP contribution in [0.15, 0.2) is 0 Å². The van der Waals surface area contributed by atoms with E-state index in [1.54, 1.807) is 38.3 Å². The van der Waals surface area contributed by atoms with Crippen LogP contribution in [-0.2, 0) is 66.6 Å². The fourth-order valence-electron chi connectivity index (χ4n) is 30.4. The van der Waals surface area contributed by atoms with Crippen molar-refractivity contribution >= 4 is 84.3 Å². The highest BCUT2D eigenvalue weighted by Gasteiger charge is 2.66. The molecule has 5 saturated heterocycles. The summed E-state index contributed by atoms with van der Waals surface area (Å²) in [6, 6.07) is -0.394. The van der Waals surface area contributed by atoms with Gasteiger partial charge in [-0.05, 0) is 334 Å². The first-order valence-electron chi connectivity index (χ1n) is 52.4. The number of nitrogens with one attached hydrogen (secondary N) is 4. The number of alkyl carbamates (subject to hydrolysis) is 4. The van der Waals surface area contributed by atoms with Crippen LogP contribution in [0.25, 0.3) is 0 Å². The molecule has 20 saturated carbocycles. The number of hydrogen-bond donors (Lipinski definition) is 8. The minimum atomic E-state index is -0.683. The predicted molar refractivity (Wildman–Crippen MR) is 499 cm³/mol. The lowest BCUT2D eigenvalue weighted by atomic mass is 9.47. The standard InChI is InChI=1S/C22H34N2O5.C21H33N3O5.2C21H32N2O6.C17H26N2O3/c1-13(2)12-28-20(26)23-18-4-5-24(11-18)21(27)29-19-16-6-15-7-17(19)10-22(8-15,9-16)14(3)25;1-12(2)11-28-19(26)23-16-3-4-24(10-16)20(27)29-17-14-5-13-6-15(17)9-21(7-13,8-14)18(22)25;1-20(2,3)29-18(26)22-15-4-5-23(11-15)19(27)28-16-13-6-12-7-14(16)10-21(8-12,9-13)17(24)25;1-12(2)11-28-19(26)22-16-3-4-23(10-16)20(27)29-17-14-5-13-6-15(17)9-21(7-13,8-14)18(24)25;1-10(20)17-6-11-4-12(7-17)15(13(5-11)8-17)22-16(21)19-3-2-14(18)9-19/h13,15-19H,4-12H2,1-3H3,(H,23,26);12-17H,3-11H2,1-2H3,(H2,22,25)(H,23,26);12-16H,4-11H2,1-3H3,(H,22,26)(H,24,25);12-17H,3-11H2,1-2H3,(H,22,26)(H,24,25);11-15H,2-9,18H2,1H3/t15?,16?,17?,18-,19?,22?;13?,14?,15?,16-,17?,21?;12?,13?,14?,15-,16?,21?;13?,14?,15?,16-,17?,21?;11?,12?,13?,14-,15?,17?/m11111/s1. The Kier molecular flexibility index (Phi) is 30.5. The Morgan fingerprint density at radius 2 is 0.543 bits per heavy atom. The zero-order valence-corrected chi connectivity index (χ0v) is 83.2. The van der Waals surface area contributed by atoms with Crippen molar-refractivity contribution in [1.29, 1.82) is 0 Å². The number of aliphatic carboxylic acids is 2. The molecule has 36 nitrogen and oxygen atoms in total. The van der Waals surface area contributed by atoms with Crippen molar-refractivity contribution in [3.05, 3.63) is 0 Å². The van der Waals surface area contributed by atoms with Crippen LogP contribution in [0.2, 0.25) is 0 Å². The Morgan fingerprint density at radius 1 is 0.326 bits per heavy atom. The molecule has 25 rings (SSSR count). The fraction of sp³-hybridized carbons (Fsp3) is 0.863. The molecule has 0 radical (unpaired) electrons. The first kappa shape index (κ1) is 102. The van der Waals surface area contributed by atoms with Crippen LogP contribution < -0.4 is 32.7 Å². The summed E-state index contributed by atoms with van der Waals surface area (Å²) in [5, 5.41) is 30.8. The van der Waals surface area contributed by atoms with Crippen molar-refractivity contribution in [2.45, 2.75) is 335 Å².